The van der Waals surface area contributed by atoms with E-state index >= 15 is 0 Å². The fourth-order valence-corrected chi connectivity index (χ4v) is 1.46. The van der Waals surface area contributed by atoms with Gasteiger partial charge in [0.2, 0.25) is 5.89 Å². The van der Waals surface area contributed by atoms with E-state index in [0.29, 0.717) is 25.1 Å². The molecule has 1 aromatic heterocycles. The van der Waals surface area contributed by atoms with Gasteiger partial charge in [0.25, 0.3) is 0 Å². The van der Waals surface area contributed by atoms with Crippen molar-refractivity contribution in [1.82, 2.24) is 15.5 Å². The highest BCUT2D eigenvalue weighted by Gasteiger charge is 2.14. The summed E-state index contributed by atoms with van der Waals surface area (Å²) in [5, 5.41) is 14.4. The molecule has 0 saturated carbocycles. The van der Waals surface area contributed by atoms with Crippen LogP contribution in [0, 0.1) is 0 Å². The average molecular weight is 256 g/mol. The van der Waals surface area contributed by atoms with Crippen LogP contribution in [0.3, 0.4) is 0 Å². The lowest BCUT2D eigenvalue weighted by Gasteiger charge is -2.11. The number of rotatable bonds is 9. The van der Waals surface area contributed by atoms with Crippen molar-refractivity contribution in [1.29, 1.82) is 0 Å². The summed E-state index contributed by atoms with van der Waals surface area (Å²) in [6.45, 7) is 10.4. The van der Waals surface area contributed by atoms with Gasteiger partial charge >= 0.3 is 6.01 Å². The van der Waals surface area contributed by atoms with E-state index in [2.05, 4.69) is 27.8 Å². The molecule has 6 heteroatoms. The summed E-state index contributed by atoms with van der Waals surface area (Å²) in [5.41, 5.74) is 0. The van der Waals surface area contributed by atoms with Crippen molar-refractivity contribution in [2.75, 3.05) is 25.1 Å². The van der Waals surface area contributed by atoms with Gasteiger partial charge in [-0.05, 0) is 33.7 Å². The average Bonchev–Trinajstić information content (AvgIpc) is 2.82. The predicted molar refractivity (Wildman–Crippen MR) is 70.6 cm³/mol. The molecule has 6 nitrogen and oxygen atoms in total. The lowest BCUT2D eigenvalue weighted by atomic mass is 10.3. The highest BCUT2D eigenvalue weighted by atomic mass is 16.5. The summed E-state index contributed by atoms with van der Waals surface area (Å²) in [6, 6.07) is 0.676. The first-order valence-electron chi connectivity index (χ1n) is 6.58. The molecule has 0 aromatic carbocycles. The predicted octanol–water partition coefficient (Wildman–Crippen LogP) is 1.97. The van der Waals surface area contributed by atoms with Gasteiger partial charge in [-0.2, -0.15) is 0 Å². The van der Waals surface area contributed by atoms with Gasteiger partial charge < -0.3 is 19.8 Å². The minimum absolute atomic E-state index is 0.0789. The number of ether oxygens (including phenoxy) is 1. The third-order valence-electron chi connectivity index (χ3n) is 2.45. The molecule has 2 atom stereocenters. The van der Waals surface area contributed by atoms with Crippen molar-refractivity contribution in [3.63, 3.8) is 0 Å². The molecule has 0 aliphatic carbocycles. The van der Waals surface area contributed by atoms with E-state index in [1.165, 1.54) is 0 Å². The summed E-state index contributed by atoms with van der Waals surface area (Å²) >= 11 is 0. The molecule has 0 fully saturated rings. The van der Waals surface area contributed by atoms with Crippen molar-refractivity contribution < 1.29 is 9.15 Å². The van der Waals surface area contributed by atoms with Crippen LogP contribution in [0.4, 0.5) is 6.01 Å². The van der Waals surface area contributed by atoms with Crippen LogP contribution in [-0.2, 0) is 4.74 Å². The van der Waals surface area contributed by atoms with Crippen LogP contribution < -0.4 is 10.6 Å². The Morgan fingerprint density at radius 2 is 2.06 bits per heavy atom. The largest absolute Gasteiger partial charge is 0.406 e. The van der Waals surface area contributed by atoms with E-state index in [0.717, 1.165) is 13.0 Å². The SMILES string of the molecule is CCCNC(C)c1nnc(NC(C)COCC)o1. The van der Waals surface area contributed by atoms with Crippen LogP contribution in [-0.4, -0.2) is 36.0 Å². The fraction of sp³-hybridized carbons (Fsp3) is 0.833. The molecule has 2 unspecified atom stereocenters. The maximum atomic E-state index is 5.54. The van der Waals surface area contributed by atoms with Crippen molar-refractivity contribution >= 4 is 6.01 Å². The molecular weight excluding hydrogens is 232 g/mol. The van der Waals surface area contributed by atoms with Gasteiger partial charge in [-0.3, -0.25) is 0 Å². The third-order valence-corrected chi connectivity index (χ3v) is 2.45. The van der Waals surface area contributed by atoms with Gasteiger partial charge in [-0.1, -0.05) is 12.0 Å². The summed E-state index contributed by atoms with van der Waals surface area (Å²) in [4.78, 5) is 0. The van der Waals surface area contributed by atoms with Crippen LogP contribution in [0.5, 0.6) is 0 Å². The highest BCUT2D eigenvalue weighted by molar-refractivity contribution is 5.19. The number of nitrogens with one attached hydrogen (secondary N) is 2. The van der Waals surface area contributed by atoms with E-state index < -0.39 is 0 Å². The first-order chi connectivity index (χ1) is 8.67. The lowest BCUT2D eigenvalue weighted by molar-refractivity contribution is 0.140. The quantitative estimate of drug-likeness (QED) is 0.704. The van der Waals surface area contributed by atoms with E-state index in [1.54, 1.807) is 0 Å². The van der Waals surface area contributed by atoms with Gasteiger partial charge in [0.05, 0.1) is 18.7 Å². The van der Waals surface area contributed by atoms with E-state index in [-0.39, 0.29) is 12.1 Å². The molecular formula is C12H24N4O2. The van der Waals surface area contributed by atoms with Crippen molar-refractivity contribution in [3.05, 3.63) is 5.89 Å². The molecule has 1 heterocycles. The topological polar surface area (TPSA) is 72.2 Å². The molecule has 0 saturated heterocycles. The van der Waals surface area contributed by atoms with Crippen molar-refractivity contribution in [2.45, 2.75) is 46.2 Å². The fourth-order valence-electron chi connectivity index (χ4n) is 1.46. The molecule has 0 spiro atoms. The zero-order chi connectivity index (χ0) is 13.4. The molecule has 18 heavy (non-hydrogen) atoms. The monoisotopic (exact) mass is 256 g/mol. The number of hydrogen-bond donors (Lipinski definition) is 2. The molecule has 0 aliphatic rings. The van der Waals surface area contributed by atoms with Gasteiger partial charge in [0, 0.05) is 6.61 Å². The smallest absolute Gasteiger partial charge is 0.315 e. The Hall–Kier alpha value is -1.14. The first-order valence-corrected chi connectivity index (χ1v) is 6.58. The minimum Gasteiger partial charge on any atom is -0.406 e. The summed E-state index contributed by atoms with van der Waals surface area (Å²) in [7, 11) is 0. The van der Waals surface area contributed by atoms with Crippen LogP contribution in [0.15, 0.2) is 4.42 Å². The molecule has 1 rings (SSSR count). The summed E-state index contributed by atoms with van der Waals surface area (Å²) < 4.78 is 10.9. The maximum Gasteiger partial charge on any atom is 0.315 e. The van der Waals surface area contributed by atoms with E-state index in [1.807, 2.05) is 20.8 Å². The molecule has 0 radical (unpaired) electrons. The van der Waals surface area contributed by atoms with Gasteiger partial charge in [-0.15, -0.1) is 5.10 Å². The summed E-state index contributed by atoms with van der Waals surface area (Å²) in [5.74, 6) is 0.606. The molecule has 0 aliphatic heterocycles. The summed E-state index contributed by atoms with van der Waals surface area (Å²) in [6.07, 6.45) is 1.08. The maximum absolute atomic E-state index is 5.54. The van der Waals surface area contributed by atoms with Crippen LogP contribution in [0.1, 0.15) is 46.0 Å². The Balaban J connectivity index is 2.42. The standard InChI is InChI=1S/C12H24N4O2/c1-5-7-13-10(4)11-15-16-12(18-11)14-9(3)8-17-6-2/h9-10,13H,5-8H2,1-4H3,(H,14,16). The normalized spacial score (nSPS) is 14.4. The van der Waals surface area contributed by atoms with Gasteiger partial charge in [0.1, 0.15) is 0 Å². The molecule has 0 bridgehead atoms. The highest BCUT2D eigenvalue weighted by Crippen LogP contribution is 2.14. The van der Waals surface area contributed by atoms with Crippen molar-refractivity contribution in [2.24, 2.45) is 0 Å². The number of anilines is 1. The number of hydrogen-bond acceptors (Lipinski definition) is 6. The minimum atomic E-state index is 0.0789. The van der Waals surface area contributed by atoms with Crippen LogP contribution in [0.25, 0.3) is 0 Å². The van der Waals surface area contributed by atoms with Crippen molar-refractivity contribution in [3.8, 4) is 0 Å². The van der Waals surface area contributed by atoms with E-state index in [4.69, 9.17) is 9.15 Å². The molecule has 1 aromatic rings. The van der Waals surface area contributed by atoms with Gasteiger partial charge in [0.15, 0.2) is 0 Å². The van der Waals surface area contributed by atoms with Gasteiger partial charge in [-0.25, -0.2) is 0 Å². The van der Waals surface area contributed by atoms with E-state index in [9.17, 15) is 0 Å². The van der Waals surface area contributed by atoms with Crippen LogP contribution in [0.2, 0.25) is 0 Å². The Morgan fingerprint density at radius 1 is 1.28 bits per heavy atom. The Kier molecular flexibility index (Phi) is 6.67. The second-order valence-corrected chi connectivity index (χ2v) is 4.33. The molecule has 0 amide bonds. The Labute approximate surface area is 108 Å². The second-order valence-electron chi connectivity index (χ2n) is 4.33. The Bertz CT molecular complexity index is 330. The van der Waals surface area contributed by atoms with Crippen LogP contribution >= 0.6 is 0 Å². The zero-order valence-corrected chi connectivity index (χ0v) is 11.7. The molecule has 104 valence electrons. The third kappa shape index (κ3) is 5.01. The number of nitrogens with zero attached hydrogens (tertiary/aromatic N) is 2. The second kappa shape index (κ2) is 8.05. The zero-order valence-electron chi connectivity index (χ0n) is 11.7. The lowest BCUT2D eigenvalue weighted by Crippen LogP contribution is -2.21. The molecule has 2 N–H and O–H groups in total. The number of aromatic nitrogens is 2. The Morgan fingerprint density at radius 3 is 2.72 bits per heavy atom. The first kappa shape index (κ1) is 14.9.